The summed E-state index contributed by atoms with van der Waals surface area (Å²) in [6.45, 7) is 7.32. The SMILES string of the molecule is C/C=C/C=C/C=C/CC(OC(=O)C(C)NC(=O)C1=CCCCC1)C(C)C(O)/C(C)=C\CCc1cc(O)cc(NC(=O)CCOC)c1O. The predicted molar refractivity (Wildman–Crippen MR) is 184 cm³/mol. The summed E-state index contributed by atoms with van der Waals surface area (Å²) in [4.78, 5) is 37.9. The van der Waals surface area contributed by atoms with Crippen molar-refractivity contribution < 1.29 is 39.2 Å². The summed E-state index contributed by atoms with van der Waals surface area (Å²) < 4.78 is 10.8. The lowest BCUT2D eigenvalue weighted by atomic mass is 9.90. The molecule has 0 bridgehead atoms. The zero-order valence-electron chi connectivity index (χ0n) is 28.3. The molecule has 10 nitrogen and oxygen atoms in total. The van der Waals surface area contributed by atoms with Crippen LogP contribution >= 0.6 is 0 Å². The topological polar surface area (TPSA) is 154 Å². The van der Waals surface area contributed by atoms with Crippen LogP contribution in [0.5, 0.6) is 11.5 Å². The Labute approximate surface area is 278 Å². The van der Waals surface area contributed by atoms with Crippen molar-refractivity contribution in [2.45, 2.75) is 97.3 Å². The zero-order valence-corrected chi connectivity index (χ0v) is 28.3. The third kappa shape index (κ3) is 13.6. The Morgan fingerprint density at radius 1 is 1.06 bits per heavy atom. The number of phenols is 2. The molecule has 258 valence electrons. The van der Waals surface area contributed by atoms with Gasteiger partial charge in [0.05, 0.1) is 24.8 Å². The molecule has 0 saturated heterocycles. The lowest BCUT2D eigenvalue weighted by molar-refractivity contribution is -0.156. The Morgan fingerprint density at radius 2 is 1.81 bits per heavy atom. The molecule has 4 atom stereocenters. The monoisotopic (exact) mass is 652 g/mol. The molecule has 5 N–H and O–H groups in total. The lowest BCUT2D eigenvalue weighted by Crippen LogP contribution is -2.43. The number of aliphatic hydroxyl groups is 1. The second kappa shape index (κ2) is 20.9. The first-order chi connectivity index (χ1) is 22.5. The number of aromatic hydroxyl groups is 2. The Bertz CT molecular complexity index is 1340. The van der Waals surface area contributed by atoms with E-state index in [1.54, 1.807) is 20.8 Å². The number of methoxy groups -OCH3 is 1. The molecule has 1 aliphatic rings. The fourth-order valence-electron chi connectivity index (χ4n) is 5.11. The van der Waals surface area contributed by atoms with E-state index >= 15 is 0 Å². The van der Waals surface area contributed by atoms with Gasteiger partial charge >= 0.3 is 5.97 Å². The summed E-state index contributed by atoms with van der Waals surface area (Å²) in [7, 11) is 1.48. The fraction of sp³-hybridized carbons (Fsp3) is 0.486. The quantitative estimate of drug-likeness (QED) is 0.0429. The molecule has 0 aromatic heterocycles. The molecule has 47 heavy (non-hydrogen) atoms. The standard InChI is InChI=1S/C37H52N2O8/c1-6-7-8-9-10-14-20-32(47-37(45)27(4)38-36(44)28-17-12-11-13-18-28)26(3)34(42)25(2)16-15-19-29-23-30(40)24-31(35(29)43)39-33(41)21-22-46-5/h6-10,14,16-17,23-24,26-27,32,34,40,42-43H,11-13,15,18-22H2,1-5H3,(H,38,44)(H,39,41)/b7-6+,9-8+,14-10+,25-16-. The van der Waals surface area contributed by atoms with Crippen molar-refractivity contribution in [3.05, 3.63) is 77.5 Å². The smallest absolute Gasteiger partial charge is 0.328 e. The number of carbonyl (C=O) groups is 3. The van der Waals surface area contributed by atoms with E-state index in [1.165, 1.54) is 19.2 Å². The Hall–Kier alpha value is -4.15. The maximum Gasteiger partial charge on any atom is 0.328 e. The third-order valence-corrected chi connectivity index (χ3v) is 7.99. The molecule has 2 amide bonds. The van der Waals surface area contributed by atoms with Crippen LogP contribution in [0.15, 0.2) is 71.9 Å². The molecule has 4 unspecified atom stereocenters. The number of hydrogen-bond acceptors (Lipinski definition) is 8. The van der Waals surface area contributed by atoms with Crippen LogP contribution in [-0.4, -0.2) is 65.1 Å². The Balaban J connectivity index is 2.12. The van der Waals surface area contributed by atoms with Gasteiger partial charge in [0.25, 0.3) is 0 Å². The summed E-state index contributed by atoms with van der Waals surface area (Å²) in [5.41, 5.74) is 1.87. The van der Waals surface area contributed by atoms with Crippen molar-refractivity contribution in [3.8, 4) is 11.5 Å². The first-order valence-corrected chi connectivity index (χ1v) is 16.3. The van der Waals surface area contributed by atoms with Crippen LogP contribution in [0.4, 0.5) is 5.69 Å². The van der Waals surface area contributed by atoms with Crippen molar-refractivity contribution >= 4 is 23.5 Å². The number of nitrogens with one attached hydrogen (secondary N) is 2. The van der Waals surface area contributed by atoms with Crippen molar-refractivity contribution in [1.82, 2.24) is 5.32 Å². The average molecular weight is 653 g/mol. The maximum atomic E-state index is 13.1. The number of rotatable bonds is 18. The summed E-state index contributed by atoms with van der Waals surface area (Å²) in [6.07, 6.45) is 18.1. The molecule has 0 fully saturated rings. The molecule has 0 aliphatic heterocycles. The van der Waals surface area contributed by atoms with Crippen LogP contribution in [-0.2, 0) is 30.3 Å². The van der Waals surface area contributed by atoms with Gasteiger partial charge in [0, 0.05) is 31.1 Å². The number of anilines is 1. The van der Waals surface area contributed by atoms with E-state index in [-0.39, 0.29) is 42.0 Å². The van der Waals surface area contributed by atoms with Crippen molar-refractivity contribution in [2.24, 2.45) is 5.92 Å². The predicted octanol–water partition coefficient (Wildman–Crippen LogP) is 5.94. The van der Waals surface area contributed by atoms with Gasteiger partial charge in [-0.25, -0.2) is 4.79 Å². The van der Waals surface area contributed by atoms with Crippen LogP contribution in [0, 0.1) is 5.92 Å². The summed E-state index contributed by atoms with van der Waals surface area (Å²) in [5, 5.41) is 37.5. The van der Waals surface area contributed by atoms with Crippen LogP contribution in [0.25, 0.3) is 0 Å². The number of allylic oxidation sites excluding steroid dienone is 7. The number of esters is 1. The number of amides is 2. The molecule has 10 heteroatoms. The van der Waals surface area contributed by atoms with Crippen LogP contribution in [0.3, 0.4) is 0 Å². The molecule has 0 spiro atoms. The van der Waals surface area contributed by atoms with E-state index in [1.807, 2.05) is 55.5 Å². The summed E-state index contributed by atoms with van der Waals surface area (Å²) in [6, 6.07) is 1.85. The largest absolute Gasteiger partial charge is 0.508 e. The third-order valence-electron chi connectivity index (χ3n) is 7.99. The highest BCUT2D eigenvalue weighted by Crippen LogP contribution is 2.33. The van der Waals surface area contributed by atoms with Crippen molar-refractivity contribution in [2.75, 3.05) is 19.0 Å². The van der Waals surface area contributed by atoms with E-state index in [4.69, 9.17) is 9.47 Å². The van der Waals surface area contributed by atoms with Crippen LogP contribution in [0.2, 0.25) is 0 Å². The minimum absolute atomic E-state index is 0.101. The van der Waals surface area contributed by atoms with E-state index in [0.29, 0.717) is 42.4 Å². The van der Waals surface area contributed by atoms with Gasteiger partial charge in [-0.3, -0.25) is 9.59 Å². The molecule has 0 saturated carbocycles. The van der Waals surface area contributed by atoms with Gasteiger partial charge in [-0.15, -0.1) is 0 Å². The molecular weight excluding hydrogens is 600 g/mol. The number of hydrogen-bond donors (Lipinski definition) is 5. The first-order valence-electron chi connectivity index (χ1n) is 16.3. The molecule has 0 heterocycles. The second-order valence-corrected chi connectivity index (χ2v) is 11.8. The number of phenolic OH excluding ortho intramolecular Hbond substituents is 2. The van der Waals surface area contributed by atoms with Gasteiger partial charge in [0.1, 0.15) is 23.6 Å². The van der Waals surface area contributed by atoms with E-state index in [2.05, 4.69) is 10.6 Å². The highest BCUT2D eigenvalue weighted by Gasteiger charge is 2.30. The van der Waals surface area contributed by atoms with E-state index in [0.717, 1.165) is 19.3 Å². The summed E-state index contributed by atoms with van der Waals surface area (Å²) >= 11 is 0. The van der Waals surface area contributed by atoms with Gasteiger partial charge in [-0.05, 0) is 76.5 Å². The van der Waals surface area contributed by atoms with E-state index in [9.17, 15) is 29.7 Å². The Morgan fingerprint density at radius 3 is 2.49 bits per heavy atom. The molecule has 2 rings (SSSR count). The molecule has 1 aromatic rings. The first kappa shape index (κ1) is 39.0. The molecular formula is C37H52N2O8. The molecule has 1 aliphatic carbocycles. The maximum absolute atomic E-state index is 13.1. The normalized spacial score (nSPS) is 16.6. The highest BCUT2D eigenvalue weighted by molar-refractivity contribution is 5.96. The number of aryl methyl sites for hydroxylation is 1. The average Bonchev–Trinajstić information content (AvgIpc) is 3.06. The molecule has 1 aromatic carbocycles. The minimum Gasteiger partial charge on any atom is -0.508 e. The van der Waals surface area contributed by atoms with E-state index < -0.39 is 30.1 Å². The number of carbonyl (C=O) groups excluding carboxylic acids is 3. The van der Waals surface area contributed by atoms with Crippen molar-refractivity contribution in [3.63, 3.8) is 0 Å². The zero-order chi connectivity index (χ0) is 34.8. The number of benzene rings is 1. The highest BCUT2D eigenvalue weighted by atomic mass is 16.5. The lowest BCUT2D eigenvalue weighted by Gasteiger charge is -2.29. The van der Waals surface area contributed by atoms with Gasteiger partial charge in [0.15, 0.2) is 0 Å². The number of aliphatic hydroxyl groups excluding tert-OH is 1. The van der Waals surface area contributed by atoms with Crippen LogP contribution in [0.1, 0.15) is 78.2 Å². The minimum atomic E-state index is -0.953. The summed E-state index contributed by atoms with van der Waals surface area (Å²) in [5.74, 6) is -1.94. The molecule has 0 radical (unpaired) electrons. The van der Waals surface area contributed by atoms with Crippen LogP contribution < -0.4 is 10.6 Å². The fourth-order valence-corrected chi connectivity index (χ4v) is 5.11. The van der Waals surface area contributed by atoms with Crippen molar-refractivity contribution in [1.29, 1.82) is 0 Å². The van der Waals surface area contributed by atoms with Gasteiger partial charge in [0.2, 0.25) is 11.8 Å². The van der Waals surface area contributed by atoms with Gasteiger partial charge < -0.3 is 35.4 Å². The number of ether oxygens (including phenoxy) is 2. The Kier molecular flexibility index (Phi) is 17.3. The van der Waals surface area contributed by atoms with Gasteiger partial charge in [-0.1, -0.05) is 55.5 Å². The second-order valence-electron chi connectivity index (χ2n) is 11.8. The van der Waals surface area contributed by atoms with Gasteiger partial charge in [-0.2, -0.15) is 0 Å².